The molecule has 2 aromatic rings. The van der Waals surface area contributed by atoms with Crippen LogP contribution < -0.4 is 0 Å². The number of ether oxygens (including phenoxy) is 1. The Morgan fingerprint density at radius 2 is 1.88 bits per heavy atom. The van der Waals surface area contributed by atoms with Crippen LogP contribution in [0.5, 0.6) is 0 Å². The van der Waals surface area contributed by atoms with Crippen LogP contribution in [0.3, 0.4) is 0 Å². The van der Waals surface area contributed by atoms with Gasteiger partial charge in [0.15, 0.2) is 5.76 Å². The first-order valence-corrected chi connectivity index (χ1v) is 8.87. The van der Waals surface area contributed by atoms with Crippen LogP contribution in [-0.4, -0.2) is 36.3 Å². The summed E-state index contributed by atoms with van der Waals surface area (Å²) in [5.74, 6) is 0.664. The molecule has 0 atom stereocenters. The number of hydrogen-bond donors (Lipinski definition) is 0. The van der Waals surface area contributed by atoms with Gasteiger partial charge in [-0.2, -0.15) is 0 Å². The number of benzene rings is 1. The molecule has 5 nitrogen and oxygen atoms in total. The fourth-order valence-corrected chi connectivity index (χ4v) is 2.17. The molecule has 1 aromatic carbocycles. The van der Waals surface area contributed by atoms with Crippen LogP contribution in [0.25, 0.3) is 11.3 Å². The molecular weight excluding hydrogens is 529 g/mol. The van der Waals surface area contributed by atoms with E-state index in [4.69, 9.17) is 36.0 Å². The monoisotopic (exact) mass is 548 g/mol. The summed E-state index contributed by atoms with van der Waals surface area (Å²) >= 11 is 12.5. The molecule has 0 saturated carbocycles. The van der Waals surface area contributed by atoms with Crippen LogP contribution in [0.2, 0.25) is 10.0 Å². The van der Waals surface area contributed by atoms with Gasteiger partial charge in [-0.25, -0.2) is 0 Å². The normalized spacial score (nSPS) is 10.6. The molecule has 0 radical (unpaired) electrons. The Hall–Kier alpha value is -0.634. The first kappa shape index (κ1) is 21.4. The number of hydrogen-bond acceptors (Lipinski definition) is 5. The summed E-state index contributed by atoms with van der Waals surface area (Å²) in [5, 5.41) is 5.02. The second kappa shape index (κ2) is 11.8. The second-order valence-electron chi connectivity index (χ2n) is 4.70. The van der Waals surface area contributed by atoms with E-state index in [1.807, 2.05) is 12.1 Å². The molecular formula is C16H18Cl2N2O3Os-2. The summed E-state index contributed by atoms with van der Waals surface area (Å²) in [6.45, 7) is 10.8. The fourth-order valence-electron chi connectivity index (χ4n) is 1.87. The standard InChI is InChI=1S/C16H18Cl2N2O2.O.Os/c1-3-20(4-2)7-8-21-11-13-10-16(19-22-13)12-5-6-14(17)15(18)9-12;;/h5-6,9-10H,1-4,7-8,11H2;;/q-2;;. The van der Waals surface area contributed by atoms with Gasteiger partial charge in [0, 0.05) is 18.2 Å². The van der Waals surface area contributed by atoms with Crippen molar-refractivity contribution in [2.45, 2.75) is 6.61 Å². The van der Waals surface area contributed by atoms with E-state index < -0.39 is 0 Å². The van der Waals surface area contributed by atoms with Crippen LogP contribution in [0, 0.1) is 13.8 Å². The second-order valence-corrected chi connectivity index (χ2v) is 5.52. The molecule has 0 aliphatic carbocycles. The van der Waals surface area contributed by atoms with E-state index in [-0.39, 0.29) is 0 Å². The third kappa shape index (κ3) is 6.70. The van der Waals surface area contributed by atoms with Crippen molar-refractivity contribution >= 4 is 23.2 Å². The predicted octanol–water partition coefficient (Wildman–Crippen LogP) is 4.01. The number of nitrogens with zero attached hydrogens (tertiary/aromatic N) is 2. The van der Waals surface area contributed by atoms with E-state index in [2.05, 4.69) is 23.9 Å². The molecule has 2 rings (SSSR count). The molecule has 8 heteroatoms. The van der Waals surface area contributed by atoms with Crippen LogP contribution in [0.4, 0.5) is 0 Å². The number of rotatable bonds is 8. The van der Waals surface area contributed by atoms with Crippen molar-refractivity contribution < 1.29 is 31.4 Å². The van der Waals surface area contributed by atoms with Crippen molar-refractivity contribution in [2.24, 2.45) is 0 Å². The zero-order valence-electron chi connectivity index (χ0n) is 13.0. The summed E-state index contributed by atoms with van der Waals surface area (Å²) < 4.78 is 19.1. The minimum atomic E-state index is 0.371. The molecule has 0 aliphatic rings. The maximum atomic E-state index is 8.28. The molecule has 0 N–H and O–H groups in total. The van der Waals surface area contributed by atoms with Gasteiger partial charge in [-0.1, -0.05) is 34.4 Å². The van der Waals surface area contributed by atoms with Crippen LogP contribution in [0.1, 0.15) is 5.76 Å². The van der Waals surface area contributed by atoms with Gasteiger partial charge >= 0.3 is 22.1 Å². The maximum absolute atomic E-state index is 8.28. The van der Waals surface area contributed by atoms with Crippen molar-refractivity contribution in [1.29, 1.82) is 0 Å². The molecule has 0 amide bonds. The van der Waals surface area contributed by atoms with Gasteiger partial charge in [0.2, 0.25) is 0 Å². The Labute approximate surface area is 162 Å². The van der Waals surface area contributed by atoms with Gasteiger partial charge in [0.05, 0.1) is 16.7 Å². The van der Waals surface area contributed by atoms with Gasteiger partial charge in [-0.15, -0.1) is 13.1 Å². The van der Waals surface area contributed by atoms with Gasteiger partial charge in [-0.05, 0) is 12.1 Å². The van der Waals surface area contributed by atoms with E-state index in [1.165, 1.54) is 0 Å². The molecule has 0 spiro atoms. The van der Waals surface area contributed by atoms with Crippen molar-refractivity contribution in [3.8, 4) is 11.3 Å². The molecule has 134 valence electrons. The van der Waals surface area contributed by atoms with Crippen molar-refractivity contribution in [3.63, 3.8) is 0 Å². The molecule has 0 unspecified atom stereocenters. The quantitative estimate of drug-likeness (QED) is 0.370. The predicted molar refractivity (Wildman–Crippen MR) is 89.5 cm³/mol. The first-order chi connectivity index (χ1) is 11.6. The number of aromatic nitrogens is 1. The molecule has 24 heavy (non-hydrogen) atoms. The summed E-state index contributed by atoms with van der Waals surface area (Å²) in [7, 11) is 0. The molecule has 0 bridgehead atoms. The zero-order valence-corrected chi connectivity index (χ0v) is 17.0. The SMILES string of the molecule is [CH2-]CN(C[CH2-])CCOCc1cc(-c2ccc(Cl)c(Cl)c2)no1.[O]=[Os]. The van der Waals surface area contributed by atoms with Crippen LogP contribution >= 0.6 is 23.2 Å². The van der Waals surface area contributed by atoms with Crippen molar-refractivity contribution in [3.05, 3.63) is 53.9 Å². The third-order valence-corrected chi connectivity index (χ3v) is 3.94. The van der Waals surface area contributed by atoms with Gasteiger partial charge in [0.1, 0.15) is 12.3 Å². The topological polar surface area (TPSA) is 55.6 Å². The summed E-state index contributed by atoms with van der Waals surface area (Å²) in [6.07, 6.45) is 0. The van der Waals surface area contributed by atoms with E-state index in [1.54, 1.807) is 12.1 Å². The Kier molecular flexibility index (Phi) is 10.6. The van der Waals surface area contributed by atoms with Crippen molar-refractivity contribution in [1.82, 2.24) is 10.1 Å². The fraction of sp³-hybridized carbons (Fsp3) is 0.312. The summed E-state index contributed by atoms with van der Waals surface area (Å²) in [4.78, 5) is 2.08. The van der Waals surface area contributed by atoms with Crippen molar-refractivity contribution in [2.75, 3.05) is 26.2 Å². The Balaban J connectivity index is 0.00000139. The average Bonchev–Trinajstić information content (AvgIpc) is 3.08. The first-order valence-electron chi connectivity index (χ1n) is 7.08. The van der Waals surface area contributed by atoms with Gasteiger partial charge in [-0.3, -0.25) is 0 Å². The molecule has 0 fully saturated rings. The van der Waals surface area contributed by atoms with E-state index in [0.29, 0.717) is 53.3 Å². The van der Waals surface area contributed by atoms with E-state index >= 15 is 0 Å². The molecule has 0 aliphatic heterocycles. The molecule has 1 heterocycles. The molecule has 1 aromatic heterocycles. The van der Waals surface area contributed by atoms with Crippen LogP contribution in [0.15, 0.2) is 28.8 Å². The number of halogens is 2. The minimum absolute atomic E-state index is 0.371. The van der Waals surface area contributed by atoms with Gasteiger partial charge in [0.25, 0.3) is 0 Å². The summed E-state index contributed by atoms with van der Waals surface area (Å²) in [5.41, 5.74) is 1.55. The van der Waals surface area contributed by atoms with E-state index in [9.17, 15) is 0 Å². The summed E-state index contributed by atoms with van der Waals surface area (Å²) in [6, 6.07) is 7.17. The van der Waals surface area contributed by atoms with Crippen LogP contribution in [-0.2, 0) is 33.4 Å². The Morgan fingerprint density at radius 1 is 1.17 bits per heavy atom. The third-order valence-electron chi connectivity index (χ3n) is 3.20. The molecule has 0 saturated heterocycles. The Morgan fingerprint density at radius 3 is 2.50 bits per heavy atom. The zero-order chi connectivity index (χ0) is 17.9. The average molecular weight is 547 g/mol. The Bertz CT molecular complexity index is 621. The van der Waals surface area contributed by atoms with Gasteiger partial charge < -0.3 is 28.0 Å². The van der Waals surface area contributed by atoms with E-state index in [0.717, 1.165) is 25.2 Å².